The van der Waals surface area contributed by atoms with Gasteiger partial charge in [-0.1, -0.05) is 59.6 Å². The van der Waals surface area contributed by atoms with Gasteiger partial charge in [-0.05, 0) is 17.7 Å². The van der Waals surface area contributed by atoms with Crippen LogP contribution in [-0.2, 0) is 9.59 Å². The van der Waals surface area contributed by atoms with Crippen molar-refractivity contribution in [1.82, 2.24) is 5.32 Å². The number of rotatable bonds is 4. The molecule has 0 aliphatic carbocycles. The van der Waals surface area contributed by atoms with Gasteiger partial charge in [-0.2, -0.15) is 0 Å². The van der Waals surface area contributed by atoms with E-state index in [4.69, 9.17) is 23.2 Å². The zero-order valence-electron chi connectivity index (χ0n) is 11.9. The Hall–Kier alpha value is -2.08. The SMILES string of the molecule is O=C(NC[C@@H](O)c1ccccc1)C(=O)Nc1cccc(Cl)c1Cl. The number of aliphatic hydroxyl groups excluding tert-OH is 1. The van der Waals surface area contributed by atoms with E-state index in [0.717, 1.165) is 0 Å². The van der Waals surface area contributed by atoms with Gasteiger partial charge in [0.2, 0.25) is 0 Å². The molecular weight excluding hydrogens is 339 g/mol. The molecule has 0 bridgehead atoms. The number of benzene rings is 2. The Bertz CT molecular complexity index is 708. The summed E-state index contributed by atoms with van der Waals surface area (Å²) in [7, 11) is 0. The highest BCUT2D eigenvalue weighted by Crippen LogP contribution is 2.29. The third kappa shape index (κ3) is 4.69. The number of hydrogen-bond acceptors (Lipinski definition) is 3. The molecule has 0 spiro atoms. The molecule has 23 heavy (non-hydrogen) atoms. The van der Waals surface area contributed by atoms with E-state index >= 15 is 0 Å². The second-order valence-corrected chi connectivity index (χ2v) is 5.48. The molecule has 0 aliphatic heterocycles. The minimum Gasteiger partial charge on any atom is -0.387 e. The van der Waals surface area contributed by atoms with Gasteiger partial charge >= 0.3 is 11.8 Å². The molecule has 5 nitrogen and oxygen atoms in total. The first-order valence-electron chi connectivity index (χ1n) is 6.75. The lowest BCUT2D eigenvalue weighted by Gasteiger charge is -2.12. The van der Waals surface area contributed by atoms with Crippen LogP contribution in [-0.4, -0.2) is 23.5 Å². The molecule has 0 saturated heterocycles. The van der Waals surface area contributed by atoms with Crippen LogP contribution in [0.5, 0.6) is 0 Å². The molecule has 2 rings (SSSR count). The van der Waals surface area contributed by atoms with Crippen LogP contribution >= 0.6 is 23.2 Å². The van der Waals surface area contributed by atoms with Gasteiger partial charge in [0.1, 0.15) is 0 Å². The highest BCUT2D eigenvalue weighted by atomic mass is 35.5. The van der Waals surface area contributed by atoms with Gasteiger partial charge in [-0.15, -0.1) is 0 Å². The summed E-state index contributed by atoms with van der Waals surface area (Å²) in [4.78, 5) is 23.6. The van der Waals surface area contributed by atoms with Crippen LogP contribution < -0.4 is 10.6 Å². The van der Waals surface area contributed by atoms with Crippen molar-refractivity contribution in [2.24, 2.45) is 0 Å². The van der Waals surface area contributed by atoms with E-state index in [0.29, 0.717) is 5.56 Å². The van der Waals surface area contributed by atoms with E-state index in [9.17, 15) is 14.7 Å². The molecule has 120 valence electrons. The van der Waals surface area contributed by atoms with E-state index in [1.54, 1.807) is 36.4 Å². The number of carbonyl (C=O) groups is 2. The van der Waals surface area contributed by atoms with E-state index in [1.165, 1.54) is 6.07 Å². The molecule has 7 heteroatoms. The van der Waals surface area contributed by atoms with E-state index < -0.39 is 17.9 Å². The monoisotopic (exact) mass is 352 g/mol. The van der Waals surface area contributed by atoms with Crippen LogP contribution in [0.3, 0.4) is 0 Å². The Morgan fingerprint density at radius 3 is 2.39 bits per heavy atom. The molecule has 0 aliphatic rings. The first kappa shape index (κ1) is 17.3. The van der Waals surface area contributed by atoms with Crippen LogP contribution in [0.2, 0.25) is 10.0 Å². The van der Waals surface area contributed by atoms with Crippen molar-refractivity contribution in [2.45, 2.75) is 6.10 Å². The average Bonchev–Trinajstić information content (AvgIpc) is 2.57. The first-order valence-corrected chi connectivity index (χ1v) is 7.51. The Morgan fingerprint density at radius 1 is 1.00 bits per heavy atom. The molecule has 0 fully saturated rings. The fourth-order valence-corrected chi connectivity index (χ4v) is 2.19. The summed E-state index contributed by atoms with van der Waals surface area (Å²) in [6, 6.07) is 13.5. The normalized spacial score (nSPS) is 11.6. The Balaban J connectivity index is 1.90. The van der Waals surface area contributed by atoms with Crippen LogP contribution in [0.15, 0.2) is 48.5 Å². The standard InChI is InChI=1S/C16H14Cl2N2O3/c17-11-7-4-8-12(14(11)18)20-16(23)15(22)19-9-13(21)10-5-2-1-3-6-10/h1-8,13,21H,9H2,(H,19,22)(H,20,23)/t13-/m1/s1. The Morgan fingerprint density at radius 2 is 1.70 bits per heavy atom. The third-order valence-corrected chi connectivity index (χ3v) is 3.87. The molecule has 0 radical (unpaired) electrons. The summed E-state index contributed by atoms with van der Waals surface area (Å²) < 4.78 is 0. The maximum absolute atomic E-state index is 11.8. The highest BCUT2D eigenvalue weighted by Gasteiger charge is 2.17. The second kappa shape index (κ2) is 7.97. The summed E-state index contributed by atoms with van der Waals surface area (Å²) in [5.41, 5.74) is 0.883. The molecule has 2 aromatic carbocycles. The number of hydrogen-bond donors (Lipinski definition) is 3. The zero-order chi connectivity index (χ0) is 16.8. The van der Waals surface area contributed by atoms with Crippen molar-refractivity contribution in [1.29, 1.82) is 0 Å². The molecule has 0 saturated carbocycles. The van der Waals surface area contributed by atoms with Gasteiger partial charge in [0.15, 0.2) is 0 Å². The largest absolute Gasteiger partial charge is 0.387 e. The number of amides is 2. The third-order valence-electron chi connectivity index (χ3n) is 3.05. The van der Waals surface area contributed by atoms with Gasteiger partial charge in [0.25, 0.3) is 0 Å². The number of carbonyl (C=O) groups excluding carboxylic acids is 2. The molecular formula is C16H14Cl2N2O3. The van der Waals surface area contributed by atoms with E-state index in [1.807, 2.05) is 6.07 Å². The van der Waals surface area contributed by atoms with Gasteiger partial charge in [-0.25, -0.2) is 0 Å². The maximum atomic E-state index is 11.8. The molecule has 0 unspecified atom stereocenters. The summed E-state index contributed by atoms with van der Waals surface area (Å²) >= 11 is 11.8. The van der Waals surface area contributed by atoms with Gasteiger partial charge in [-0.3, -0.25) is 9.59 Å². The van der Waals surface area contributed by atoms with Crippen molar-refractivity contribution in [3.05, 3.63) is 64.1 Å². The number of aliphatic hydroxyl groups is 1. The zero-order valence-corrected chi connectivity index (χ0v) is 13.4. The Kier molecular flexibility index (Phi) is 5.98. The van der Waals surface area contributed by atoms with Crippen LogP contribution in [0.25, 0.3) is 0 Å². The second-order valence-electron chi connectivity index (χ2n) is 4.69. The van der Waals surface area contributed by atoms with Crippen molar-refractivity contribution >= 4 is 40.7 Å². The van der Waals surface area contributed by atoms with Crippen molar-refractivity contribution in [2.75, 3.05) is 11.9 Å². The molecule has 2 amide bonds. The first-order chi connectivity index (χ1) is 11.0. The van der Waals surface area contributed by atoms with Crippen molar-refractivity contribution in [3.8, 4) is 0 Å². The number of anilines is 1. The lowest BCUT2D eigenvalue weighted by Crippen LogP contribution is -2.37. The molecule has 1 atom stereocenters. The minimum atomic E-state index is -0.900. The van der Waals surface area contributed by atoms with Crippen molar-refractivity contribution in [3.63, 3.8) is 0 Å². The summed E-state index contributed by atoms with van der Waals surface area (Å²) in [5, 5.41) is 15.1. The summed E-state index contributed by atoms with van der Waals surface area (Å²) in [5.74, 6) is -1.77. The fraction of sp³-hybridized carbons (Fsp3) is 0.125. The minimum absolute atomic E-state index is 0.0838. The molecule has 3 N–H and O–H groups in total. The summed E-state index contributed by atoms with van der Waals surface area (Å²) in [6.07, 6.45) is -0.900. The predicted molar refractivity (Wildman–Crippen MR) is 89.5 cm³/mol. The van der Waals surface area contributed by atoms with Gasteiger partial charge in [0.05, 0.1) is 21.8 Å². The highest BCUT2D eigenvalue weighted by molar-refractivity contribution is 6.45. The molecule has 0 aromatic heterocycles. The number of halogens is 2. The number of nitrogens with one attached hydrogen (secondary N) is 2. The van der Waals surface area contributed by atoms with Gasteiger partial charge in [0, 0.05) is 6.54 Å². The summed E-state index contributed by atoms with van der Waals surface area (Å²) in [6.45, 7) is -0.0838. The lowest BCUT2D eigenvalue weighted by molar-refractivity contribution is -0.136. The van der Waals surface area contributed by atoms with Crippen molar-refractivity contribution < 1.29 is 14.7 Å². The maximum Gasteiger partial charge on any atom is 0.313 e. The molecule has 2 aromatic rings. The lowest BCUT2D eigenvalue weighted by atomic mass is 10.1. The topological polar surface area (TPSA) is 78.4 Å². The van der Waals surface area contributed by atoms with Crippen LogP contribution in [0.4, 0.5) is 5.69 Å². The van der Waals surface area contributed by atoms with Gasteiger partial charge < -0.3 is 15.7 Å². The quantitative estimate of drug-likeness (QED) is 0.740. The smallest absolute Gasteiger partial charge is 0.313 e. The Labute approximate surface area is 143 Å². The van der Waals surface area contributed by atoms with Crippen LogP contribution in [0.1, 0.15) is 11.7 Å². The predicted octanol–water partition coefficient (Wildman–Crippen LogP) is 2.78. The molecule has 0 heterocycles. The van der Waals surface area contributed by atoms with E-state index in [-0.39, 0.29) is 22.3 Å². The van der Waals surface area contributed by atoms with Crippen LogP contribution in [0, 0.1) is 0 Å². The average molecular weight is 353 g/mol. The fourth-order valence-electron chi connectivity index (χ4n) is 1.84. The van der Waals surface area contributed by atoms with E-state index in [2.05, 4.69) is 10.6 Å².